The first kappa shape index (κ1) is 35.9. The van der Waals surface area contributed by atoms with Crippen molar-refractivity contribution in [3.63, 3.8) is 0 Å². The largest absolute Gasteiger partial charge is 0.444 e. The molecule has 4 N–H and O–H groups in total. The molecule has 0 aliphatic carbocycles. The summed E-state index contributed by atoms with van der Waals surface area (Å²) in [5, 5.41) is 11.1. The minimum absolute atomic E-state index is 0.303. The fraction of sp³-hybridized carbons (Fsp3) is 0.471. The normalized spacial score (nSPS) is 13.0. The van der Waals surface area contributed by atoms with Crippen LogP contribution in [0.25, 0.3) is 0 Å². The summed E-state index contributed by atoms with van der Waals surface area (Å²) in [5.41, 5.74) is 0.468. The van der Waals surface area contributed by atoms with E-state index in [-0.39, 0.29) is 11.8 Å². The number of benzene rings is 2. The molecule has 0 aliphatic rings. The maximum atomic E-state index is 12.9. The lowest BCUT2D eigenvalue weighted by Crippen LogP contribution is -2.49. The van der Waals surface area contributed by atoms with Crippen LogP contribution in [0.2, 0.25) is 0 Å². The summed E-state index contributed by atoms with van der Waals surface area (Å²) >= 11 is 0. The quantitative estimate of drug-likeness (QED) is 0.179. The van der Waals surface area contributed by atoms with Gasteiger partial charge in [-0.2, -0.15) is 0 Å². The third kappa shape index (κ3) is 15.8. The second kappa shape index (κ2) is 17.7. The van der Waals surface area contributed by atoms with Crippen LogP contribution in [-0.2, 0) is 31.9 Å². The highest BCUT2D eigenvalue weighted by atomic mass is 16.6. The SMILES string of the molecule is CC(C)(C)OC(=O)N[C@@H](Cc1ccccc1)C(=O)NCC/C=C/CCNC(=O)[C@H](Cc1ccccc1)NC(=O)OC(C)(C)C. The molecule has 2 rings (SSSR count). The van der Waals surface area contributed by atoms with Crippen LogP contribution >= 0.6 is 0 Å². The first-order valence-electron chi connectivity index (χ1n) is 15.0. The number of rotatable bonds is 14. The van der Waals surface area contributed by atoms with E-state index in [1.165, 1.54) is 0 Å². The van der Waals surface area contributed by atoms with E-state index < -0.39 is 35.5 Å². The Morgan fingerprint density at radius 2 is 0.955 bits per heavy atom. The van der Waals surface area contributed by atoms with Gasteiger partial charge in [0.15, 0.2) is 0 Å². The van der Waals surface area contributed by atoms with Crippen molar-refractivity contribution in [2.75, 3.05) is 13.1 Å². The molecule has 2 aromatic rings. The summed E-state index contributed by atoms with van der Waals surface area (Å²) in [6.07, 6.45) is 4.33. The summed E-state index contributed by atoms with van der Waals surface area (Å²) in [5.74, 6) is -0.607. The highest BCUT2D eigenvalue weighted by Crippen LogP contribution is 2.10. The molecule has 0 saturated carbocycles. The Hall–Kier alpha value is -4.34. The van der Waals surface area contributed by atoms with E-state index >= 15 is 0 Å². The molecule has 0 bridgehead atoms. The molecule has 10 nitrogen and oxygen atoms in total. The number of hydrogen-bond acceptors (Lipinski definition) is 6. The van der Waals surface area contributed by atoms with Gasteiger partial charge in [0.1, 0.15) is 23.3 Å². The molecule has 4 amide bonds. The van der Waals surface area contributed by atoms with Gasteiger partial charge in [0.2, 0.25) is 11.8 Å². The molecule has 2 aromatic carbocycles. The van der Waals surface area contributed by atoms with Crippen molar-refractivity contribution in [3.05, 3.63) is 83.9 Å². The van der Waals surface area contributed by atoms with E-state index in [1.54, 1.807) is 41.5 Å². The van der Waals surface area contributed by atoms with Crippen molar-refractivity contribution in [3.8, 4) is 0 Å². The van der Waals surface area contributed by atoms with Gasteiger partial charge in [0.05, 0.1) is 0 Å². The van der Waals surface area contributed by atoms with Gasteiger partial charge >= 0.3 is 12.2 Å². The van der Waals surface area contributed by atoms with E-state index in [0.717, 1.165) is 11.1 Å². The fourth-order valence-corrected chi connectivity index (χ4v) is 4.06. The number of ether oxygens (including phenoxy) is 2. The predicted octanol–water partition coefficient (Wildman–Crippen LogP) is 4.83. The van der Waals surface area contributed by atoms with Crippen molar-refractivity contribution in [1.82, 2.24) is 21.3 Å². The summed E-state index contributed by atoms with van der Waals surface area (Å²) in [6.45, 7) is 11.3. The van der Waals surface area contributed by atoms with Crippen molar-refractivity contribution in [2.24, 2.45) is 0 Å². The smallest absolute Gasteiger partial charge is 0.408 e. The van der Waals surface area contributed by atoms with E-state index in [0.29, 0.717) is 38.8 Å². The van der Waals surface area contributed by atoms with Gasteiger partial charge in [0.25, 0.3) is 0 Å². The molecule has 0 spiro atoms. The predicted molar refractivity (Wildman–Crippen MR) is 171 cm³/mol. The highest BCUT2D eigenvalue weighted by molar-refractivity contribution is 5.86. The first-order chi connectivity index (χ1) is 20.7. The molecular formula is C34H48N4O6. The average molecular weight is 609 g/mol. The Morgan fingerprint density at radius 1 is 0.614 bits per heavy atom. The Kier molecular flexibility index (Phi) is 14.4. The Labute approximate surface area is 261 Å². The lowest BCUT2D eigenvalue weighted by Gasteiger charge is -2.23. The van der Waals surface area contributed by atoms with Gasteiger partial charge in [0, 0.05) is 25.9 Å². The maximum Gasteiger partial charge on any atom is 0.408 e. The van der Waals surface area contributed by atoms with Crippen LogP contribution in [0.15, 0.2) is 72.8 Å². The van der Waals surface area contributed by atoms with E-state index in [1.807, 2.05) is 72.8 Å². The number of hydrogen-bond donors (Lipinski definition) is 4. The van der Waals surface area contributed by atoms with E-state index in [2.05, 4.69) is 21.3 Å². The van der Waals surface area contributed by atoms with Crippen molar-refractivity contribution in [1.29, 1.82) is 0 Å². The lowest BCUT2D eigenvalue weighted by atomic mass is 10.1. The van der Waals surface area contributed by atoms with Crippen LogP contribution in [0.5, 0.6) is 0 Å². The van der Waals surface area contributed by atoms with Crippen molar-refractivity contribution in [2.45, 2.75) is 90.5 Å². The third-order valence-electron chi connectivity index (χ3n) is 5.97. The van der Waals surface area contributed by atoms with E-state index in [4.69, 9.17) is 9.47 Å². The second-order valence-electron chi connectivity index (χ2n) is 12.4. The van der Waals surface area contributed by atoms with Crippen LogP contribution in [0.1, 0.15) is 65.5 Å². The fourth-order valence-electron chi connectivity index (χ4n) is 4.06. The highest BCUT2D eigenvalue weighted by Gasteiger charge is 2.25. The summed E-state index contributed by atoms with van der Waals surface area (Å²) in [4.78, 5) is 50.5. The number of nitrogens with one attached hydrogen (secondary N) is 4. The van der Waals surface area contributed by atoms with Crippen LogP contribution < -0.4 is 21.3 Å². The molecule has 44 heavy (non-hydrogen) atoms. The molecule has 0 fully saturated rings. The van der Waals surface area contributed by atoms with Crippen LogP contribution in [0, 0.1) is 0 Å². The minimum Gasteiger partial charge on any atom is -0.444 e. The van der Waals surface area contributed by atoms with Gasteiger partial charge in [-0.1, -0.05) is 72.8 Å². The molecule has 0 aromatic heterocycles. The number of amides is 4. The molecular weight excluding hydrogens is 560 g/mol. The Balaban J connectivity index is 1.81. The molecule has 2 atom stereocenters. The van der Waals surface area contributed by atoms with Gasteiger partial charge in [-0.05, 0) is 65.5 Å². The zero-order chi connectivity index (χ0) is 32.6. The monoisotopic (exact) mass is 608 g/mol. The third-order valence-corrected chi connectivity index (χ3v) is 5.97. The second-order valence-corrected chi connectivity index (χ2v) is 12.4. The van der Waals surface area contributed by atoms with Crippen molar-refractivity contribution >= 4 is 24.0 Å². The number of carbonyl (C=O) groups excluding carboxylic acids is 4. The van der Waals surface area contributed by atoms with Gasteiger partial charge in [-0.3, -0.25) is 9.59 Å². The molecule has 0 unspecified atom stereocenters. The molecule has 0 aliphatic heterocycles. The first-order valence-corrected chi connectivity index (χ1v) is 15.0. The molecule has 0 radical (unpaired) electrons. The summed E-state index contributed by atoms with van der Waals surface area (Å²) in [6, 6.07) is 17.3. The zero-order valence-electron chi connectivity index (χ0n) is 26.8. The zero-order valence-corrected chi connectivity index (χ0v) is 26.8. The minimum atomic E-state index is -0.787. The molecule has 0 heterocycles. The molecule has 240 valence electrons. The van der Waals surface area contributed by atoms with Crippen LogP contribution in [0.3, 0.4) is 0 Å². The van der Waals surface area contributed by atoms with Gasteiger partial charge < -0.3 is 30.7 Å². The van der Waals surface area contributed by atoms with Crippen molar-refractivity contribution < 1.29 is 28.7 Å². The standard InChI is InChI=1S/C34H48N4O6/c1-33(2,3)43-31(41)37-27(23-25-17-11-9-12-18-25)29(39)35-21-15-7-8-16-22-36-30(40)28(24-26-19-13-10-14-20-26)38-32(42)44-34(4,5)6/h7-14,17-20,27-28H,15-16,21-24H2,1-6H3,(H,35,39)(H,36,40)(H,37,41)(H,38,42)/b8-7+/t27-,28-/m0/s1. The number of carbonyl (C=O) groups is 4. The van der Waals surface area contributed by atoms with Crippen LogP contribution in [-0.4, -0.2) is 60.4 Å². The van der Waals surface area contributed by atoms with Gasteiger partial charge in [-0.15, -0.1) is 0 Å². The summed E-state index contributed by atoms with van der Waals surface area (Å²) < 4.78 is 10.7. The number of alkyl carbamates (subject to hydrolysis) is 2. The topological polar surface area (TPSA) is 135 Å². The molecule has 10 heteroatoms. The lowest BCUT2D eigenvalue weighted by molar-refractivity contribution is -0.123. The maximum absolute atomic E-state index is 12.9. The van der Waals surface area contributed by atoms with E-state index in [9.17, 15) is 19.2 Å². The van der Waals surface area contributed by atoms with Gasteiger partial charge in [-0.25, -0.2) is 9.59 Å². The molecule has 0 saturated heterocycles. The summed E-state index contributed by atoms with van der Waals surface area (Å²) in [7, 11) is 0. The average Bonchev–Trinajstić information content (AvgIpc) is 2.92. The van der Waals surface area contributed by atoms with Crippen LogP contribution in [0.4, 0.5) is 9.59 Å². The Morgan fingerprint density at radius 3 is 1.27 bits per heavy atom. The Bertz CT molecular complexity index is 1120.